The molecule has 31 heavy (non-hydrogen) atoms. The zero-order valence-electron chi connectivity index (χ0n) is 17.1. The van der Waals surface area contributed by atoms with Gasteiger partial charge in [0.25, 0.3) is 5.56 Å². The lowest BCUT2D eigenvalue weighted by Crippen LogP contribution is -2.42. The molecule has 0 fully saturated rings. The molecule has 0 aliphatic rings. The van der Waals surface area contributed by atoms with Crippen LogP contribution in [0.2, 0.25) is 0 Å². The van der Waals surface area contributed by atoms with E-state index in [9.17, 15) is 14.4 Å². The fourth-order valence-corrected chi connectivity index (χ4v) is 3.72. The molecule has 2 aromatic heterocycles. The molecule has 0 aliphatic carbocycles. The Kier molecular flexibility index (Phi) is 5.75. The minimum atomic E-state index is -0.521. The lowest BCUT2D eigenvalue weighted by atomic mass is 9.98. The summed E-state index contributed by atoms with van der Waals surface area (Å²) in [6, 6.07) is 20.0. The summed E-state index contributed by atoms with van der Waals surface area (Å²) in [5.41, 5.74) is 0.516. The molecule has 0 saturated carbocycles. The van der Waals surface area contributed by atoms with Crippen molar-refractivity contribution in [1.29, 1.82) is 0 Å². The molecule has 7 nitrogen and oxygen atoms in total. The van der Waals surface area contributed by atoms with E-state index in [4.69, 9.17) is 0 Å². The molecule has 0 amide bonds. The summed E-state index contributed by atoms with van der Waals surface area (Å²) in [4.78, 5) is 39.0. The number of nitrogens with one attached hydrogen (secondary N) is 1. The Balaban J connectivity index is 2.06. The number of H-pyrrole nitrogens is 1. The molecule has 2 aromatic carbocycles. The first-order chi connectivity index (χ1) is 15.1. The summed E-state index contributed by atoms with van der Waals surface area (Å²) in [5.74, 6) is 0. The van der Waals surface area contributed by atoms with Crippen molar-refractivity contribution in [3.05, 3.63) is 121 Å². The lowest BCUT2D eigenvalue weighted by Gasteiger charge is -2.23. The maximum atomic E-state index is 13.5. The molecule has 4 rings (SSSR count). The molecule has 0 atom stereocenters. The van der Waals surface area contributed by atoms with Crippen molar-refractivity contribution in [2.45, 2.75) is 25.9 Å². The van der Waals surface area contributed by atoms with E-state index < -0.39 is 17.3 Å². The van der Waals surface area contributed by atoms with Crippen molar-refractivity contribution in [3.8, 4) is 11.3 Å². The molecule has 1 N–H and O–H groups in total. The average molecular weight is 414 g/mol. The van der Waals surface area contributed by atoms with E-state index in [1.54, 1.807) is 0 Å². The van der Waals surface area contributed by atoms with Crippen molar-refractivity contribution >= 4 is 0 Å². The van der Waals surface area contributed by atoms with Crippen LogP contribution in [-0.2, 0) is 6.54 Å². The minimum absolute atomic E-state index is 0.00836. The predicted octanol–water partition coefficient (Wildman–Crippen LogP) is 2.81. The number of hydrogen-bond acceptors (Lipinski definition) is 4. The van der Waals surface area contributed by atoms with Gasteiger partial charge in [0.1, 0.15) is 5.69 Å². The van der Waals surface area contributed by atoms with Gasteiger partial charge < -0.3 is 0 Å². The highest BCUT2D eigenvalue weighted by Gasteiger charge is 2.23. The van der Waals surface area contributed by atoms with Crippen molar-refractivity contribution < 1.29 is 0 Å². The zero-order valence-corrected chi connectivity index (χ0v) is 17.1. The van der Waals surface area contributed by atoms with Crippen LogP contribution in [0.3, 0.4) is 0 Å². The largest absolute Gasteiger partial charge is 0.331 e. The van der Waals surface area contributed by atoms with Gasteiger partial charge >= 0.3 is 5.69 Å². The fraction of sp³-hybridized carbons (Fsp3) is 0.167. The third kappa shape index (κ3) is 3.90. The lowest BCUT2D eigenvalue weighted by molar-refractivity contribution is 0.537. The second-order valence-electron chi connectivity index (χ2n) is 7.20. The van der Waals surface area contributed by atoms with Gasteiger partial charge in [0.2, 0.25) is 5.43 Å². The Morgan fingerprint density at radius 3 is 2.06 bits per heavy atom. The van der Waals surface area contributed by atoms with Gasteiger partial charge in [-0.2, -0.15) is 5.10 Å². The van der Waals surface area contributed by atoms with Crippen LogP contribution >= 0.6 is 0 Å². The second-order valence-corrected chi connectivity index (χ2v) is 7.20. The van der Waals surface area contributed by atoms with Gasteiger partial charge in [-0.15, -0.1) is 0 Å². The highest BCUT2D eigenvalue weighted by Crippen LogP contribution is 2.25. The van der Waals surface area contributed by atoms with Crippen LogP contribution in [0.25, 0.3) is 11.3 Å². The molecule has 0 spiro atoms. The Labute approximate surface area is 178 Å². The highest BCUT2D eigenvalue weighted by molar-refractivity contribution is 5.56. The van der Waals surface area contributed by atoms with E-state index in [1.165, 1.54) is 27.6 Å². The molecular weight excluding hydrogens is 392 g/mol. The van der Waals surface area contributed by atoms with Crippen LogP contribution < -0.4 is 16.7 Å². The first-order valence-corrected chi connectivity index (χ1v) is 10.1. The Morgan fingerprint density at radius 2 is 1.52 bits per heavy atom. The smallest absolute Gasteiger partial charge is 0.288 e. The topological polar surface area (TPSA) is 89.8 Å². The molecule has 0 radical (unpaired) electrons. The predicted molar refractivity (Wildman–Crippen MR) is 119 cm³/mol. The SMILES string of the molecule is CCCn1c(=O)c(-c2n[nH]ccc2=O)cn(C(c2ccccc2)c2ccccc2)c1=O. The first-order valence-electron chi connectivity index (χ1n) is 10.1. The molecule has 4 aromatic rings. The van der Waals surface area contributed by atoms with Gasteiger partial charge in [-0.05, 0) is 17.5 Å². The van der Waals surface area contributed by atoms with Crippen LogP contribution in [0, 0.1) is 0 Å². The van der Waals surface area contributed by atoms with E-state index >= 15 is 0 Å². The molecule has 0 unspecified atom stereocenters. The number of hydrogen-bond donors (Lipinski definition) is 1. The average Bonchev–Trinajstić information content (AvgIpc) is 2.80. The van der Waals surface area contributed by atoms with Crippen LogP contribution in [0.4, 0.5) is 0 Å². The number of nitrogens with zero attached hydrogens (tertiary/aromatic N) is 3. The molecular formula is C24H22N4O3. The van der Waals surface area contributed by atoms with E-state index in [0.29, 0.717) is 6.42 Å². The Hall–Kier alpha value is -4.00. The van der Waals surface area contributed by atoms with E-state index in [-0.39, 0.29) is 23.2 Å². The summed E-state index contributed by atoms with van der Waals surface area (Å²) in [7, 11) is 0. The van der Waals surface area contributed by atoms with Crippen LogP contribution in [0.1, 0.15) is 30.5 Å². The standard InChI is InChI=1S/C24H22N4O3/c1-2-15-27-23(30)19(21-20(29)13-14-25-26-21)16-28(24(27)31)22(17-9-5-3-6-10-17)18-11-7-4-8-12-18/h3-14,16,22H,2,15H2,1H3,(H,25,29). The number of aromatic amines is 1. The number of benzene rings is 2. The van der Waals surface area contributed by atoms with Gasteiger partial charge in [0.15, 0.2) is 0 Å². The van der Waals surface area contributed by atoms with Crippen LogP contribution in [0.15, 0.2) is 93.5 Å². The summed E-state index contributed by atoms with van der Waals surface area (Å²) in [6.07, 6.45) is 3.46. The minimum Gasteiger partial charge on any atom is -0.288 e. The molecule has 0 saturated heterocycles. The molecule has 7 heteroatoms. The van der Waals surface area contributed by atoms with Crippen molar-refractivity contribution in [3.63, 3.8) is 0 Å². The Morgan fingerprint density at radius 1 is 0.903 bits per heavy atom. The number of rotatable bonds is 6. The van der Waals surface area contributed by atoms with Gasteiger partial charge in [0.05, 0.1) is 11.6 Å². The zero-order chi connectivity index (χ0) is 21.8. The number of aromatic nitrogens is 4. The van der Waals surface area contributed by atoms with Gasteiger partial charge in [-0.1, -0.05) is 67.6 Å². The highest BCUT2D eigenvalue weighted by atomic mass is 16.2. The normalized spacial score (nSPS) is 11.0. The van der Waals surface area contributed by atoms with E-state index in [2.05, 4.69) is 10.2 Å². The monoisotopic (exact) mass is 414 g/mol. The second kappa shape index (κ2) is 8.79. The van der Waals surface area contributed by atoms with Gasteiger partial charge in [0, 0.05) is 25.0 Å². The van der Waals surface area contributed by atoms with E-state index in [0.717, 1.165) is 11.1 Å². The van der Waals surface area contributed by atoms with Crippen molar-refractivity contribution in [2.75, 3.05) is 0 Å². The van der Waals surface area contributed by atoms with E-state index in [1.807, 2.05) is 67.6 Å². The summed E-state index contributed by atoms with van der Waals surface area (Å²) >= 11 is 0. The molecule has 0 aliphatic heterocycles. The fourth-order valence-electron chi connectivity index (χ4n) is 3.72. The van der Waals surface area contributed by atoms with Gasteiger partial charge in [-0.3, -0.25) is 23.8 Å². The molecule has 2 heterocycles. The third-order valence-electron chi connectivity index (χ3n) is 5.13. The summed E-state index contributed by atoms with van der Waals surface area (Å²) in [6.45, 7) is 2.13. The van der Waals surface area contributed by atoms with Crippen molar-refractivity contribution in [2.24, 2.45) is 0 Å². The third-order valence-corrected chi connectivity index (χ3v) is 5.13. The Bertz CT molecular complexity index is 1320. The van der Waals surface area contributed by atoms with Gasteiger partial charge in [-0.25, -0.2) is 4.79 Å². The molecule has 0 bridgehead atoms. The molecule has 156 valence electrons. The maximum Gasteiger partial charge on any atom is 0.331 e. The van der Waals surface area contributed by atoms with Crippen molar-refractivity contribution in [1.82, 2.24) is 19.3 Å². The quantitative estimate of drug-likeness (QED) is 0.525. The van der Waals surface area contributed by atoms with Crippen LogP contribution in [-0.4, -0.2) is 19.3 Å². The maximum absolute atomic E-state index is 13.5. The van der Waals surface area contributed by atoms with Crippen LogP contribution in [0.5, 0.6) is 0 Å². The summed E-state index contributed by atoms with van der Waals surface area (Å²) in [5, 5.41) is 6.64. The first kappa shape index (κ1) is 20.3. The summed E-state index contributed by atoms with van der Waals surface area (Å²) < 4.78 is 2.70.